The largest absolute Gasteiger partial charge is 0.397 e. The van der Waals surface area contributed by atoms with Crippen molar-refractivity contribution >= 4 is 5.70 Å². The Labute approximate surface area is 158 Å². The smallest absolute Gasteiger partial charge is 0.111 e. The van der Waals surface area contributed by atoms with Crippen LogP contribution >= 0.6 is 0 Å². The number of hydrogen-bond donors (Lipinski definition) is 5. The minimum atomic E-state index is -1.03. The van der Waals surface area contributed by atoms with Gasteiger partial charge < -0.3 is 31.1 Å². The first-order chi connectivity index (χ1) is 13.1. The third-order valence-electron chi connectivity index (χ3n) is 4.73. The van der Waals surface area contributed by atoms with E-state index in [0.29, 0.717) is 12.2 Å². The van der Waals surface area contributed by atoms with Gasteiger partial charge in [0.05, 0.1) is 24.5 Å². The molecule has 3 unspecified atom stereocenters. The molecule has 1 aliphatic rings. The number of ether oxygens (including phenoxy) is 1. The Hall–Kier alpha value is -2.38. The van der Waals surface area contributed by atoms with Gasteiger partial charge in [-0.1, -0.05) is 54.6 Å². The Morgan fingerprint density at radius 2 is 1.81 bits per heavy atom. The molecule has 0 radical (unpaired) electrons. The number of aliphatic hydroxyl groups excluding tert-OH is 3. The van der Waals surface area contributed by atoms with Gasteiger partial charge in [-0.15, -0.1) is 0 Å². The molecule has 2 aromatic carbocycles. The Morgan fingerprint density at radius 1 is 1.11 bits per heavy atom. The highest BCUT2D eigenvalue weighted by Gasteiger charge is 2.37. The minimum Gasteiger partial charge on any atom is -0.397 e. The van der Waals surface area contributed by atoms with E-state index in [-0.39, 0.29) is 13.0 Å². The molecule has 6 heteroatoms. The Bertz CT molecular complexity index is 749. The molecule has 1 saturated heterocycles. The standard InChI is InChI=1S/C21H26N2O4/c22-18(12-23-11-14-4-2-1-3-5-14)15-6-8-16(9-7-15)21-20(26)19(25)10-17(13-24)27-21/h1-9,12,17,19-21,23-26H,10-11,13,22H2/b18-12-/t17?,19?,20?,21-/m1/s1. The molecule has 6 N–H and O–H groups in total. The average Bonchev–Trinajstić information content (AvgIpc) is 2.71. The van der Waals surface area contributed by atoms with Crippen molar-refractivity contribution in [2.45, 2.75) is 37.4 Å². The van der Waals surface area contributed by atoms with Gasteiger partial charge in [0.2, 0.25) is 0 Å². The fraction of sp³-hybridized carbons (Fsp3) is 0.333. The van der Waals surface area contributed by atoms with E-state index in [1.807, 2.05) is 54.6 Å². The van der Waals surface area contributed by atoms with Crippen LogP contribution in [0.2, 0.25) is 0 Å². The minimum absolute atomic E-state index is 0.193. The van der Waals surface area contributed by atoms with E-state index in [9.17, 15) is 15.3 Å². The maximum atomic E-state index is 10.2. The van der Waals surface area contributed by atoms with Crippen molar-refractivity contribution in [1.82, 2.24) is 5.32 Å². The molecule has 0 bridgehead atoms. The molecule has 1 fully saturated rings. The normalized spacial score (nSPS) is 26.0. The van der Waals surface area contributed by atoms with E-state index in [4.69, 9.17) is 10.5 Å². The van der Waals surface area contributed by atoms with Crippen molar-refractivity contribution in [2.75, 3.05) is 6.61 Å². The van der Waals surface area contributed by atoms with Crippen molar-refractivity contribution in [2.24, 2.45) is 5.73 Å². The van der Waals surface area contributed by atoms with E-state index >= 15 is 0 Å². The molecule has 1 aliphatic heterocycles. The first kappa shape index (κ1) is 19.4. The zero-order valence-electron chi connectivity index (χ0n) is 15.0. The van der Waals surface area contributed by atoms with Crippen molar-refractivity contribution in [3.63, 3.8) is 0 Å². The summed E-state index contributed by atoms with van der Waals surface area (Å²) < 4.78 is 5.70. The zero-order valence-corrected chi connectivity index (χ0v) is 15.0. The predicted octanol–water partition coefficient (Wildman–Crippen LogP) is 1.28. The third kappa shape index (κ3) is 4.87. The van der Waals surface area contributed by atoms with Crippen LogP contribution in [0.5, 0.6) is 0 Å². The van der Waals surface area contributed by atoms with Crippen LogP contribution in [0, 0.1) is 0 Å². The maximum Gasteiger partial charge on any atom is 0.111 e. The SMILES string of the molecule is N/C(=C\NCc1ccccc1)c1ccc([C@H]2OC(CO)CC(O)C2O)cc1. The van der Waals surface area contributed by atoms with Crippen LogP contribution in [-0.2, 0) is 11.3 Å². The van der Waals surface area contributed by atoms with Gasteiger partial charge in [-0.05, 0) is 16.7 Å². The van der Waals surface area contributed by atoms with E-state index in [0.717, 1.165) is 16.7 Å². The number of nitrogens with one attached hydrogen (secondary N) is 1. The molecular formula is C21H26N2O4. The lowest BCUT2D eigenvalue weighted by molar-refractivity contribution is -0.179. The molecule has 0 spiro atoms. The fourth-order valence-electron chi connectivity index (χ4n) is 3.17. The summed E-state index contributed by atoms with van der Waals surface area (Å²) in [5.41, 5.74) is 9.45. The molecule has 2 aromatic rings. The number of benzene rings is 2. The van der Waals surface area contributed by atoms with Crippen LogP contribution < -0.4 is 11.1 Å². The molecule has 0 aliphatic carbocycles. The highest BCUT2D eigenvalue weighted by atomic mass is 16.5. The van der Waals surface area contributed by atoms with Gasteiger partial charge in [0.15, 0.2) is 0 Å². The average molecular weight is 370 g/mol. The lowest BCUT2D eigenvalue weighted by Gasteiger charge is -2.36. The maximum absolute atomic E-state index is 10.2. The van der Waals surface area contributed by atoms with Crippen LogP contribution in [0.3, 0.4) is 0 Å². The summed E-state index contributed by atoms with van der Waals surface area (Å²) in [6.45, 7) is 0.489. The summed E-state index contributed by atoms with van der Waals surface area (Å²) in [5, 5.41) is 32.7. The van der Waals surface area contributed by atoms with Crippen molar-refractivity contribution in [3.8, 4) is 0 Å². The molecular weight excluding hydrogens is 344 g/mol. The van der Waals surface area contributed by atoms with Gasteiger partial charge in [0.1, 0.15) is 12.2 Å². The molecule has 1 heterocycles. The summed E-state index contributed by atoms with van der Waals surface area (Å²) >= 11 is 0. The van der Waals surface area contributed by atoms with Gasteiger partial charge in [-0.2, -0.15) is 0 Å². The van der Waals surface area contributed by atoms with Crippen LogP contribution in [0.4, 0.5) is 0 Å². The molecule has 144 valence electrons. The lowest BCUT2D eigenvalue weighted by atomic mass is 9.93. The Balaban J connectivity index is 1.64. The molecule has 27 heavy (non-hydrogen) atoms. The second kappa shape index (κ2) is 9.01. The van der Waals surface area contributed by atoms with Gasteiger partial charge >= 0.3 is 0 Å². The summed E-state index contributed by atoms with van der Waals surface area (Å²) in [5.74, 6) is 0. The van der Waals surface area contributed by atoms with Crippen LogP contribution in [0.1, 0.15) is 29.2 Å². The van der Waals surface area contributed by atoms with E-state index in [1.165, 1.54) is 0 Å². The third-order valence-corrected chi connectivity index (χ3v) is 4.73. The van der Waals surface area contributed by atoms with E-state index in [2.05, 4.69) is 5.32 Å². The highest BCUT2D eigenvalue weighted by molar-refractivity contribution is 5.62. The fourth-order valence-corrected chi connectivity index (χ4v) is 3.17. The molecule has 0 saturated carbocycles. The summed E-state index contributed by atoms with van der Waals surface area (Å²) in [4.78, 5) is 0. The highest BCUT2D eigenvalue weighted by Crippen LogP contribution is 2.32. The molecule has 3 rings (SSSR count). The van der Waals surface area contributed by atoms with Crippen LogP contribution in [-0.4, -0.2) is 40.2 Å². The van der Waals surface area contributed by atoms with Crippen molar-refractivity contribution in [3.05, 3.63) is 77.5 Å². The second-order valence-corrected chi connectivity index (χ2v) is 6.74. The number of rotatable bonds is 6. The van der Waals surface area contributed by atoms with Gasteiger partial charge in [0.25, 0.3) is 0 Å². The summed E-state index contributed by atoms with van der Waals surface area (Å²) in [6.07, 6.45) is -1.14. The van der Waals surface area contributed by atoms with Gasteiger partial charge in [0, 0.05) is 19.2 Å². The predicted molar refractivity (Wildman–Crippen MR) is 103 cm³/mol. The molecule has 0 amide bonds. The summed E-state index contributed by atoms with van der Waals surface area (Å²) in [6, 6.07) is 17.3. The van der Waals surface area contributed by atoms with Gasteiger partial charge in [-0.3, -0.25) is 0 Å². The van der Waals surface area contributed by atoms with Crippen molar-refractivity contribution in [1.29, 1.82) is 0 Å². The first-order valence-corrected chi connectivity index (χ1v) is 9.04. The Morgan fingerprint density at radius 3 is 2.48 bits per heavy atom. The van der Waals surface area contributed by atoms with Crippen LogP contribution in [0.15, 0.2) is 60.8 Å². The Kier molecular flexibility index (Phi) is 6.47. The monoisotopic (exact) mass is 370 g/mol. The van der Waals surface area contributed by atoms with E-state index < -0.39 is 24.4 Å². The quantitative estimate of drug-likeness (QED) is 0.524. The molecule has 4 atom stereocenters. The van der Waals surface area contributed by atoms with E-state index in [1.54, 1.807) is 6.20 Å². The number of aliphatic hydroxyl groups is 3. The summed E-state index contributed by atoms with van der Waals surface area (Å²) in [7, 11) is 0. The first-order valence-electron chi connectivity index (χ1n) is 9.04. The number of nitrogens with two attached hydrogens (primary N) is 1. The number of hydrogen-bond acceptors (Lipinski definition) is 6. The van der Waals surface area contributed by atoms with Gasteiger partial charge in [-0.25, -0.2) is 0 Å². The van der Waals surface area contributed by atoms with Crippen LogP contribution in [0.25, 0.3) is 5.70 Å². The van der Waals surface area contributed by atoms with Crippen molar-refractivity contribution < 1.29 is 20.1 Å². The molecule has 0 aromatic heterocycles. The lowest BCUT2D eigenvalue weighted by Crippen LogP contribution is -2.44. The zero-order chi connectivity index (χ0) is 19.2. The second-order valence-electron chi connectivity index (χ2n) is 6.74. The topological polar surface area (TPSA) is 108 Å². The molecule has 6 nitrogen and oxygen atoms in total.